The zero-order valence-electron chi connectivity index (χ0n) is 15.1. The minimum absolute atomic E-state index is 0.178. The summed E-state index contributed by atoms with van der Waals surface area (Å²) in [6.07, 6.45) is 7.24. The van der Waals surface area contributed by atoms with Gasteiger partial charge in [-0.1, -0.05) is 6.58 Å². The third-order valence-corrected chi connectivity index (χ3v) is 4.08. The zero-order valence-corrected chi connectivity index (χ0v) is 16.1. The summed E-state index contributed by atoms with van der Waals surface area (Å²) >= 11 is 0. The number of terminal acetylenes is 1. The van der Waals surface area contributed by atoms with Crippen molar-refractivity contribution in [2.24, 2.45) is 5.73 Å². The molecule has 0 aliphatic carbocycles. The average Bonchev–Trinajstić information content (AvgIpc) is 3.00. The predicted octanol–water partition coefficient (Wildman–Crippen LogP) is 0.0115. The molecule has 0 unspecified atom stereocenters. The van der Waals surface area contributed by atoms with E-state index in [0.29, 0.717) is 38.0 Å². The third-order valence-electron chi connectivity index (χ3n) is 3.86. The average molecular weight is 374 g/mol. The minimum atomic E-state index is -0.649. The quantitative estimate of drug-likeness (QED) is 0.323. The molecule has 8 nitrogen and oxygen atoms in total. The third kappa shape index (κ3) is 4.97. The van der Waals surface area contributed by atoms with Crippen molar-refractivity contribution >= 4 is 27.9 Å². The lowest BCUT2D eigenvalue weighted by molar-refractivity contribution is -0.129. The monoisotopic (exact) mass is 374 g/mol. The van der Waals surface area contributed by atoms with Crippen molar-refractivity contribution in [1.29, 1.82) is 0 Å². The van der Waals surface area contributed by atoms with Crippen LogP contribution in [0.1, 0.15) is 22.5 Å². The van der Waals surface area contributed by atoms with Crippen LogP contribution in [0.2, 0.25) is 6.04 Å². The molecule has 0 aliphatic rings. The number of rotatable bonds is 11. The molecule has 1 rings (SSSR count). The van der Waals surface area contributed by atoms with Gasteiger partial charge in [0.25, 0.3) is 5.91 Å². The molecule has 1 aromatic heterocycles. The molecule has 0 aliphatic heterocycles. The fourth-order valence-electron chi connectivity index (χ4n) is 2.72. The number of primary amides is 1. The number of anilines is 1. The number of nitrogens with two attached hydrogens (primary N) is 1. The Morgan fingerprint density at radius 3 is 2.77 bits per heavy atom. The van der Waals surface area contributed by atoms with Gasteiger partial charge in [-0.2, -0.15) is 5.10 Å². The Kier molecular flexibility index (Phi) is 8.61. The summed E-state index contributed by atoms with van der Waals surface area (Å²) in [7, 11) is 6.64. The summed E-state index contributed by atoms with van der Waals surface area (Å²) < 4.78 is 6.85. The number of hydrogen-bond donors (Lipinski definition) is 2. The van der Waals surface area contributed by atoms with Gasteiger partial charge in [0.1, 0.15) is 17.1 Å². The Hall–Kier alpha value is -2.57. The van der Waals surface area contributed by atoms with Gasteiger partial charge in [0.15, 0.2) is 0 Å². The Labute approximate surface area is 157 Å². The number of methoxy groups -OCH3 is 1. The first-order chi connectivity index (χ1) is 12.4. The van der Waals surface area contributed by atoms with E-state index < -0.39 is 5.91 Å². The number of carbonyl (C=O) groups is 2. The SMILES string of the molecule is C#Cc1nn(CC[C@H](COC)N(CC[Si])C(=O)C=C)c(NC)c1C(N)=O. The number of aryl methyl sites for hydroxylation is 1. The molecule has 0 aromatic carbocycles. The summed E-state index contributed by atoms with van der Waals surface area (Å²) in [6.45, 7) is 4.82. The van der Waals surface area contributed by atoms with E-state index >= 15 is 0 Å². The summed E-state index contributed by atoms with van der Waals surface area (Å²) in [4.78, 5) is 25.5. The molecule has 2 amide bonds. The van der Waals surface area contributed by atoms with Crippen LogP contribution < -0.4 is 11.1 Å². The number of carbonyl (C=O) groups excluding carboxylic acids is 2. The van der Waals surface area contributed by atoms with Crippen LogP contribution in [-0.4, -0.2) is 70.1 Å². The molecule has 9 heteroatoms. The van der Waals surface area contributed by atoms with Gasteiger partial charge in [-0.15, -0.1) is 6.42 Å². The molecular formula is C17H24N5O3Si. The van der Waals surface area contributed by atoms with E-state index in [1.54, 1.807) is 23.7 Å². The molecular weight excluding hydrogens is 350 g/mol. The van der Waals surface area contributed by atoms with Gasteiger partial charge in [0.05, 0.1) is 12.6 Å². The van der Waals surface area contributed by atoms with Crippen LogP contribution in [0.3, 0.4) is 0 Å². The van der Waals surface area contributed by atoms with E-state index in [0.717, 1.165) is 0 Å². The van der Waals surface area contributed by atoms with Crippen LogP contribution in [0.5, 0.6) is 0 Å². The number of ether oxygens (including phenoxy) is 1. The number of hydrogen-bond acceptors (Lipinski definition) is 5. The van der Waals surface area contributed by atoms with Crippen molar-refractivity contribution in [2.45, 2.75) is 25.1 Å². The van der Waals surface area contributed by atoms with Gasteiger partial charge >= 0.3 is 0 Å². The van der Waals surface area contributed by atoms with Crippen molar-refractivity contribution in [3.05, 3.63) is 23.9 Å². The summed E-state index contributed by atoms with van der Waals surface area (Å²) in [5, 5.41) is 7.18. The lowest BCUT2D eigenvalue weighted by Crippen LogP contribution is -2.43. The zero-order chi connectivity index (χ0) is 19.7. The van der Waals surface area contributed by atoms with Crippen LogP contribution in [0.4, 0.5) is 5.82 Å². The van der Waals surface area contributed by atoms with Crippen molar-refractivity contribution in [3.63, 3.8) is 0 Å². The van der Waals surface area contributed by atoms with Gasteiger partial charge in [0.2, 0.25) is 5.91 Å². The van der Waals surface area contributed by atoms with Crippen LogP contribution in [0, 0.1) is 12.3 Å². The van der Waals surface area contributed by atoms with Gasteiger partial charge < -0.3 is 20.7 Å². The highest BCUT2D eigenvalue weighted by molar-refractivity contribution is 6.08. The maximum absolute atomic E-state index is 12.2. The Morgan fingerprint density at radius 1 is 1.62 bits per heavy atom. The molecule has 26 heavy (non-hydrogen) atoms. The van der Waals surface area contributed by atoms with Crippen molar-refractivity contribution in [2.75, 3.05) is 32.6 Å². The smallest absolute Gasteiger partial charge is 0.255 e. The van der Waals surface area contributed by atoms with Crippen molar-refractivity contribution in [1.82, 2.24) is 14.7 Å². The van der Waals surface area contributed by atoms with Crippen LogP contribution >= 0.6 is 0 Å². The fourth-order valence-corrected chi connectivity index (χ4v) is 2.96. The Bertz CT molecular complexity index is 695. The molecule has 3 radical (unpaired) electrons. The maximum Gasteiger partial charge on any atom is 0.255 e. The molecule has 0 spiro atoms. The van der Waals surface area contributed by atoms with E-state index in [2.05, 4.69) is 33.2 Å². The highest BCUT2D eigenvalue weighted by Gasteiger charge is 2.24. The van der Waals surface area contributed by atoms with Crippen molar-refractivity contribution in [3.8, 4) is 12.3 Å². The number of nitrogens with one attached hydrogen (secondary N) is 1. The molecule has 0 saturated heterocycles. The van der Waals surface area contributed by atoms with E-state index in [4.69, 9.17) is 16.9 Å². The van der Waals surface area contributed by atoms with Gasteiger partial charge in [0, 0.05) is 37.5 Å². The van der Waals surface area contributed by atoms with Crippen molar-refractivity contribution < 1.29 is 14.3 Å². The summed E-state index contributed by atoms with van der Waals surface area (Å²) in [5.41, 5.74) is 5.77. The first kappa shape index (κ1) is 21.5. The van der Waals surface area contributed by atoms with Crippen LogP contribution in [0.25, 0.3) is 0 Å². The molecule has 139 valence electrons. The molecule has 1 aromatic rings. The molecule has 0 saturated carbocycles. The first-order valence-electron chi connectivity index (χ1n) is 8.06. The second-order valence-electron chi connectivity index (χ2n) is 5.44. The molecule has 0 fully saturated rings. The van der Waals surface area contributed by atoms with Gasteiger partial charge in [-0.05, 0) is 24.5 Å². The van der Waals surface area contributed by atoms with Crippen LogP contribution in [-0.2, 0) is 16.1 Å². The second kappa shape index (κ2) is 10.4. The van der Waals surface area contributed by atoms with Gasteiger partial charge in [-0.25, -0.2) is 4.68 Å². The lowest BCUT2D eigenvalue weighted by atomic mass is 10.1. The minimum Gasteiger partial charge on any atom is -0.383 e. The summed E-state index contributed by atoms with van der Waals surface area (Å²) in [5.74, 6) is 1.99. The topological polar surface area (TPSA) is 102 Å². The summed E-state index contributed by atoms with van der Waals surface area (Å²) in [6, 6.07) is 0.429. The van der Waals surface area contributed by atoms with E-state index in [1.165, 1.54) is 6.08 Å². The highest BCUT2D eigenvalue weighted by atomic mass is 28.1. The molecule has 0 bridgehead atoms. The lowest BCUT2D eigenvalue weighted by Gasteiger charge is -2.30. The maximum atomic E-state index is 12.2. The van der Waals surface area contributed by atoms with Gasteiger partial charge in [-0.3, -0.25) is 9.59 Å². The van der Waals surface area contributed by atoms with E-state index in [-0.39, 0.29) is 23.2 Å². The largest absolute Gasteiger partial charge is 0.383 e. The predicted molar refractivity (Wildman–Crippen MR) is 101 cm³/mol. The Morgan fingerprint density at radius 2 is 2.31 bits per heavy atom. The number of nitrogens with zero attached hydrogens (tertiary/aromatic N) is 3. The fraction of sp³-hybridized carbons (Fsp3) is 0.471. The molecule has 1 heterocycles. The highest BCUT2D eigenvalue weighted by Crippen LogP contribution is 2.20. The first-order valence-corrected chi connectivity index (χ1v) is 8.77. The molecule has 1 atom stereocenters. The standard InChI is InChI=1S/C17H24N5O3Si/c1-5-13-15(16(18)24)17(19-3)22(20-13)8-7-12(11-25-4)21(9-10-26)14(23)6-2/h1,6,12,19H,2,7-11H2,3-4H3,(H2,18,24)/t12-/m1/s1. The Balaban J connectivity index is 3.09. The van der Waals surface area contributed by atoms with E-state index in [1.807, 2.05) is 0 Å². The van der Waals surface area contributed by atoms with E-state index in [9.17, 15) is 9.59 Å². The normalized spacial score (nSPS) is 11.5. The van der Waals surface area contributed by atoms with Crippen LogP contribution in [0.15, 0.2) is 12.7 Å². The molecule has 3 N–H and O–H groups in total. The second-order valence-corrected chi connectivity index (χ2v) is 5.94. The number of amides is 2. The number of aromatic nitrogens is 2.